The minimum Gasteiger partial charge on any atom is -0.507 e. The van der Waals surface area contributed by atoms with Gasteiger partial charge >= 0.3 is 0 Å². The van der Waals surface area contributed by atoms with Gasteiger partial charge in [0.2, 0.25) is 0 Å². The maximum atomic E-state index is 13.1. The number of rotatable bonds is 5. The quantitative estimate of drug-likeness (QED) is 0.413. The van der Waals surface area contributed by atoms with Crippen molar-refractivity contribution in [3.63, 3.8) is 0 Å². The average Bonchev–Trinajstić information content (AvgIpc) is 2.98. The number of ether oxygens (including phenoxy) is 1. The summed E-state index contributed by atoms with van der Waals surface area (Å²) in [4.78, 5) is 27.5. The number of methoxy groups -OCH3 is 1. The Morgan fingerprint density at radius 3 is 2.29 bits per heavy atom. The van der Waals surface area contributed by atoms with Crippen molar-refractivity contribution in [2.45, 2.75) is 52.5 Å². The fraction of sp³-hybridized carbons (Fsp3) is 0.385. The number of amides is 1. The van der Waals surface area contributed by atoms with E-state index in [4.69, 9.17) is 4.74 Å². The van der Waals surface area contributed by atoms with Crippen molar-refractivity contribution in [2.75, 3.05) is 13.7 Å². The summed E-state index contributed by atoms with van der Waals surface area (Å²) in [5, 5.41) is 11.4. The summed E-state index contributed by atoms with van der Waals surface area (Å²) >= 11 is 0. The van der Waals surface area contributed by atoms with Gasteiger partial charge < -0.3 is 14.7 Å². The molecule has 1 N–H and O–H groups in total. The normalized spacial score (nSPS) is 18.5. The third kappa shape index (κ3) is 4.22. The Bertz CT molecular complexity index is 1030. The van der Waals surface area contributed by atoms with Gasteiger partial charge in [-0.1, -0.05) is 52.0 Å². The maximum Gasteiger partial charge on any atom is 0.295 e. The molecule has 1 heterocycles. The molecule has 1 atom stereocenters. The lowest BCUT2D eigenvalue weighted by Crippen LogP contribution is -2.30. The van der Waals surface area contributed by atoms with E-state index in [0.29, 0.717) is 24.3 Å². The molecule has 5 heteroatoms. The second-order valence-corrected chi connectivity index (χ2v) is 9.05. The summed E-state index contributed by atoms with van der Waals surface area (Å²) in [7, 11) is 1.59. The molecule has 0 aliphatic carbocycles. The van der Waals surface area contributed by atoms with Crippen LogP contribution in [0.15, 0.2) is 48.0 Å². The van der Waals surface area contributed by atoms with E-state index in [1.807, 2.05) is 44.2 Å². The lowest BCUT2D eigenvalue weighted by Gasteiger charge is -2.25. The van der Waals surface area contributed by atoms with E-state index in [0.717, 1.165) is 16.7 Å². The molecule has 2 aromatic rings. The number of ketones is 1. The fourth-order valence-corrected chi connectivity index (χ4v) is 3.97. The van der Waals surface area contributed by atoms with Crippen molar-refractivity contribution < 1.29 is 19.4 Å². The number of carbonyl (C=O) groups is 2. The number of hydrogen-bond acceptors (Lipinski definition) is 4. The van der Waals surface area contributed by atoms with Gasteiger partial charge in [0.15, 0.2) is 0 Å². The number of benzene rings is 2. The molecule has 1 unspecified atom stereocenters. The van der Waals surface area contributed by atoms with Gasteiger partial charge in [-0.15, -0.1) is 0 Å². The van der Waals surface area contributed by atoms with Crippen molar-refractivity contribution in [2.24, 2.45) is 0 Å². The van der Waals surface area contributed by atoms with Crippen LogP contribution in [0.1, 0.15) is 62.4 Å². The second-order valence-electron chi connectivity index (χ2n) is 9.05. The van der Waals surface area contributed by atoms with E-state index >= 15 is 0 Å². The SMILES string of the molecule is CCCN1C(=O)C(=O)/C(=C(/O)c2cc(C(C)(C)C)ccc2C)C1c1ccc(OC)cc1. The van der Waals surface area contributed by atoms with Crippen LogP contribution in [0.25, 0.3) is 5.76 Å². The number of hydrogen-bond donors (Lipinski definition) is 1. The van der Waals surface area contributed by atoms with Crippen LogP contribution >= 0.6 is 0 Å². The van der Waals surface area contributed by atoms with Gasteiger partial charge in [0.1, 0.15) is 11.5 Å². The molecule has 0 aromatic heterocycles. The lowest BCUT2D eigenvalue weighted by atomic mass is 9.84. The smallest absolute Gasteiger partial charge is 0.295 e. The van der Waals surface area contributed by atoms with Crippen LogP contribution in [0.4, 0.5) is 0 Å². The number of aryl methyl sites for hydroxylation is 1. The molecule has 0 spiro atoms. The van der Waals surface area contributed by atoms with Gasteiger partial charge in [0, 0.05) is 12.1 Å². The van der Waals surface area contributed by atoms with Crippen molar-refractivity contribution in [1.29, 1.82) is 0 Å². The van der Waals surface area contributed by atoms with Crippen molar-refractivity contribution in [3.8, 4) is 5.75 Å². The first-order chi connectivity index (χ1) is 14.6. The highest BCUT2D eigenvalue weighted by atomic mass is 16.5. The summed E-state index contributed by atoms with van der Waals surface area (Å²) in [6.45, 7) is 10.6. The Hall–Kier alpha value is -3.08. The summed E-state index contributed by atoms with van der Waals surface area (Å²) in [5.41, 5.74) is 3.26. The predicted molar refractivity (Wildman–Crippen MR) is 122 cm³/mol. The van der Waals surface area contributed by atoms with Gasteiger partial charge in [0.05, 0.1) is 18.7 Å². The highest BCUT2D eigenvalue weighted by Crippen LogP contribution is 2.40. The van der Waals surface area contributed by atoms with Crippen molar-refractivity contribution >= 4 is 17.4 Å². The fourth-order valence-electron chi connectivity index (χ4n) is 3.97. The molecule has 0 radical (unpaired) electrons. The van der Waals surface area contributed by atoms with Crippen molar-refractivity contribution in [3.05, 3.63) is 70.3 Å². The summed E-state index contributed by atoms with van der Waals surface area (Å²) < 4.78 is 5.24. The second kappa shape index (κ2) is 8.58. The Kier molecular flexibility index (Phi) is 6.25. The van der Waals surface area contributed by atoms with Gasteiger partial charge in [-0.2, -0.15) is 0 Å². The molecule has 164 valence electrons. The highest BCUT2D eigenvalue weighted by molar-refractivity contribution is 6.46. The zero-order chi connectivity index (χ0) is 22.9. The number of nitrogens with zero attached hydrogens (tertiary/aromatic N) is 1. The van der Waals surface area contributed by atoms with Gasteiger partial charge in [-0.3, -0.25) is 9.59 Å². The summed E-state index contributed by atoms with van der Waals surface area (Å²) in [6, 6.07) is 12.5. The minimum atomic E-state index is -0.646. The van der Waals surface area contributed by atoms with E-state index in [1.54, 1.807) is 24.1 Å². The third-order valence-electron chi connectivity index (χ3n) is 5.79. The molecule has 5 nitrogen and oxygen atoms in total. The number of Topliss-reactive ketones (excluding diaryl/α,β-unsaturated/α-hetero) is 1. The monoisotopic (exact) mass is 421 g/mol. The molecule has 1 aliphatic heterocycles. The summed E-state index contributed by atoms with van der Waals surface area (Å²) in [5.74, 6) is -0.660. The zero-order valence-corrected chi connectivity index (χ0v) is 19.2. The van der Waals surface area contributed by atoms with Crippen molar-refractivity contribution in [1.82, 2.24) is 4.90 Å². The zero-order valence-electron chi connectivity index (χ0n) is 19.2. The maximum absolute atomic E-state index is 13.1. The molecule has 1 aliphatic rings. The number of carbonyl (C=O) groups excluding carboxylic acids is 2. The molecular weight excluding hydrogens is 390 g/mol. The van der Waals surface area contributed by atoms with E-state index in [9.17, 15) is 14.7 Å². The van der Waals surface area contributed by atoms with Gasteiger partial charge in [0.25, 0.3) is 11.7 Å². The van der Waals surface area contributed by atoms with E-state index in [2.05, 4.69) is 20.8 Å². The molecule has 1 saturated heterocycles. The van der Waals surface area contributed by atoms with Crippen LogP contribution in [0.2, 0.25) is 0 Å². The Labute approximate surface area is 184 Å². The van der Waals surface area contributed by atoms with Gasteiger partial charge in [-0.05, 0) is 53.6 Å². The number of likely N-dealkylation sites (tertiary alicyclic amines) is 1. The van der Waals surface area contributed by atoms with Crippen LogP contribution in [0.3, 0.4) is 0 Å². The van der Waals surface area contributed by atoms with Crippen LogP contribution in [0, 0.1) is 6.92 Å². The Balaban J connectivity index is 2.23. The minimum absolute atomic E-state index is 0.119. The highest BCUT2D eigenvalue weighted by Gasteiger charge is 2.45. The molecule has 1 fully saturated rings. The van der Waals surface area contributed by atoms with E-state index in [1.165, 1.54) is 0 Å². The molecular formula is C26H31NO4. The first kappa shape index (κ1) is 22.6. The Morgan fingerprint density at radius 1 is 1.10 bits per heavy atom. The van der Waals surface area contributed by atoms with Crippen LogP contribution in [0.5, 0.6) is 5.75 Å². The topological polar surface area (TPSA) is 66.8 Å². The number of aliphatic hydroxyl groups is 1. The third-order valence-corrected chi connectivity index (χ3v) is 5.79. The largest absolute Gasteiger partial charge is 0.507 e. The standard InChI is InChI=1S/C26H31NO4/c1-7-14-27-22(17-9-12-19(31-6)13-10-17)21(24(29)25(27)30)23(28)20-15-18(26(3,4)5)11-8-16(20)2/h8-13,15,22,28H,7,14H2,1-6H3/b23-21+. The number of aliphatic hydroxyl groups excluding tert-OH is 1. The average molecular weight is 422 g/mol. The van der Waals surface area contributed by atoms with Gasteiger partial charge in [-0.25, -0.2) is 0 Å². The van der Waals surface area contributed by atoms with Crippen LogP contribution in [-0.2, 0) is 15.0 Å². The van der Waals surface area contributed by atoms with E-state index in [-0.39, 0.29) is 16.7 Å². The molecule has 3 rings (SSSR count). The molecule has 1 amide bonds. The first-order valence-corrected chi connectivity index (χ1v) is 10.6. The van der Waals surface area contributed by atoms with Crippen LogP contribution in [-0.4, -0.2) is 35.4 Å². The predicted octanol–water partition coefficient (Wildman–Crippen LogP) is 5.13. The first-order valence-electron chi connectivity index (χ1n) is 10.6. The van der Waals surface area contributed by atoms with Crippen LogP contribution < -0.4 is 4.74 Å². The molecule has 0 bridgehead atoms. The molecule has 2 aromatic carbocycles. The lowest BCUT2D eigenvalue weighted by molar-refractivity contribution is -0.139. The van der Waals surface area contributed by atoms with E-state index < -0.39 is 17.7 Å². The Morgan fingerprint density at radius 2 is 1.74 bits per heavy atom. The summed E-state index contributed by atoms with van der Waals surface area (Å²) in [6.07, 6.45) is 0.707. The molecule has 0 saturated carbocycles. The molecule has 31 heavy (non-hydrogen) atoms.